The third-order valence-corrected chi connectivity index (χ3v) is 2.99. The molecule has 2 heterocycles. The minimum atomic E-state index is -0.539. The monoisotopic (exact) mass is 285 g/mol. The zero-order valence-corrected chi connectivity index (χ0v) is 10.8. The van der Waals surface area contributed by atoms with E-state index in [2.05, 4.69) is 10.3 Å². The van der Waals surface area contributed by atoms with Gasteiger partial charge in [-0.05, 0) is 12.1 Å². The van der Waals surface area contributed by atoms with Crippen molar-refractivity contribution in [1.29, 1.82) is 0 Å². The summed E-state index contributed by atoms with van der Waals surface area (Å²) in [7, 11) is 0. The van der Waals surface area contributed by atoms with Gasteiger partial charge in [0, 0.05) is 11.5 Å². The van der Waals surface area contributed by atoms with Crippen LogP contribution < -0.4 is 16.7 Å². The molecular formula is C13H11N5O3. The normalized spacial score (nSPS) is 10.7. The number of hydrazine groups is 1. The van der Waals surface area contributed by atoms with Gasteiger partial charge in [-0.1, -0.05) is 17.3 Å². The van der Waals surface area contributed by atoms with E-state index in [1.54, 1.807) is 22.9 Å². The number of carbonyl (C=O) groups is 1. The molecule has 8 heteroatoms. The number of carbonyl (C=O) groups excluding carboxylic acids is 1. The summed E-state index contributed by atoms with van der Waals surface area (Å²) in [4.78, 5) is 23.1. The van der Waals surface area contributed by atoms with Crippen LogP contribution >= 0.6 is 0 Å². The smallest absolute Gasteiger partial charge is 0.287 e. The summed E-state index contributed by atoms with van der Waals surface area (Å²) in [6, 6.07) is 8.58. The second kappa shape index (κ2) is 5.17. The fourth-order valence-electron chi connectivity index (χ4n) is 2.00. The second-order valence-electron chi connectivity index (χ2n) is 4.34. The fraction of sp³-hybridized carbons (Fsp3) is 0.0769. The average Bonchev–Trinajstić information content (AvgIpc) is 2.98. The number of hydrogen-bond acceptors (Lipinski definition) is 6. The molecule has 1 amide bonds. The van der Waals surface area contributed by atoms with Crippen LogP contribution in [0.3, 0.4) is 0 Å². The molecule has 0 unspecified atom stereocenters. The lowest BCUT2D eigenvalue weighted by Crippen LogP contribution is -2.30. The highest BCUT2D eigenvalue weighted by atomic mass is 16.5. The van der Waals surface area contributed by atoms with Gasteiger partial charge < -0.3 is 4.52 Å². The Kier molecular flexibility index (Phi) is 3.20. The Morgan fingerprint density at radius 3 is 3.00 bits per heavy atom. The number of amides is 1. The van der Waals surface area contributed by atoms with Crippen molar-refractivity contribution >= 4 is 16.8 Å². The second-order valence-corrected chi connectivity index (χ2v) is 4.34. The Morgan fingerprint density at radius 2 is 2.19 bits per heavy atom. The van der Waals surface area contributed by atoms with E-state index >= 15 is 0 Å². The number of fused-ring (bicyclic) bond motifs is 1. The molecule has 3 rings (SSSR count). The lowest BCUT2D eigenvalue weighted by molar-refractivity contribution is 0.0944. The van der Waals surface area contributed by atoms with E-state index in [1.807, 2.05) is 11.5 Å². The van der Waals surface area contributed by atoms with Crippen LogP contribution in [0.4, 0.5) is 0 Å². The van der Waals surface area contributed by atoms with Crippen molar-refractivity contribution in [2.75, 3.05) is 0 Å². The lowest BCUT2D eigenvalue weighted by Gasteiger charge is -2.06. The van der Waals surface area contributed by atoms with Gasteiger partial charge in [0.1, 0.15) is 6.54 Å². The molecule has 3 N–H and O–H groups in total. The maximum atomic E-state index is 11.7. The van der Waals surface area contributed by atoms with E-state index in [0.29, 0.717) is 16.7 Å². The summed E-state index contributed by atoms with van der Waals surface area (Å²) in [5.74, 6) is 4.91. The molecule has 0 aliphatic rings. The number of nitrogens with zero attached hydrogens (tertiary/aromatic N) is 3. The third-order valence-electron chi connectivity index (χ3n) is 2.99. The first-order valence-electron chi connectivity index (χ1n) is 6.10. The van der Waals surface area contributed by atoms with E-state index in [4.69, 9.17) is 10.4 Å². The van der Waals surface area contributed by atoms with Crippen LogP contribution in [0, 0.1) is 0 Å². The first-order chi connectivity index (χ1) is 10.2. The van der Waals surface area contributed by atoms with Gasteiger partial charge in [-0.25, -0.2) is 5.84 Å². The van der Waals surface area contributed by atoms with Gasteiger partial charge in [0.25, 0.3) is 5.91 Å². The molecule has 106 valence electrons. The SMILES string of the molecule is NNC(=O)c1cc(Cn2ncc(=O)c3ccccc32)on1. The first-order valence-corrected chi connectivity index (χ1v) is 6.10. The van der Waals surface area contributed by atoms with Crippen molar-refractivity contribution in [3.05, 3.63) is 58.2 Å². The summed E-state index contributed by atoms with van der Waals surface area (Å²) in [6.45, 7) is 0.242. The molecular weight excluding hydrogens is 274 g/mol. The van der Waals surface area contributed by atoms with Gasteiger partial charge in [0.15, 0.2) is 11.5 Å². The molecule has 0 bridgehead atoms. The standard InChI is InChI=1S/C13H11N5O3/c14-16-13(20)10-5-8(21-17-10)7-18-11-4-2-1-3-9(11)12(19)6-15-18/h1-6H,7,14H2,(H,16,20). The van der Waals surface area contributed by atoms with Crippen molar-refractivity contribution in [2.24, 2.45) is 5.84 Å². The van der Waals surface area contributed by atoms with Crippen LogP contribution in [0.15, 0.2) is 45.8 Å². The van der Waals surface area contributed by atoms with Gasteiger partial charge in [0.05, 0.1) is 11.7 Å². The Labute approximate surface area is 118 Å². The van der Waals surface area contributed by atoms with Gasteiger partial charge >= 0.3 is 0 Å². The summed E-state index contributed by atoms with van der Waals surface area (Å²) < 4.78 is 6.66. The summed E-state index contributed by atoms with van der Waals surface area (Å²) in [5, 5.41) is 8.24. The largest absolute Gasteiger partial charge is 0.359 e. The molecule has 0 aliphatic carbocycles. The molecule has 0 aliphatic heterocycles. The van der Waals surface area contributed by atoms with E-state index in [9.17, 15) is 9.59 Å². The van der Waals surface area contributed by atoms with Gasteiger partial charge in [0.2, 0.25) is 5.43 Å². The molecule has 3 aromatic rings. The fourth-order valence-corrected chi connectivity index (χ4v) is 2.00. The molecule has 0 saturated carbocycles. The predicted molar refractivity (Wildman–Crippen MR) is 73.3 cm³/mol. The lowest BCUT2D eigenvalue weighted by atomic mass is 10.2. The number of rotatable bonds is 3. The Morgan fingerprint density at radius 1 is 1.38 bits per heavy atom. The molecule has 0 saturated heterocycles. The van der Waals surface area contributed by atoms with Crippen LogP contribution in [0.5, 0.6) is 0 Å². The van der Waals surface area contributed by atoms with Gasteiger partial charge in [-0.2, -0.15) is 5.10 Å². The Balaban J connectivity index is 1.99. The molecule has 0 atom stereocenters. The van der Waals surface area contributed by atoms with Crippen molar-refractivity contribution in [3.8, 4) is 0 Å². The topological polar surface area (TPSA) is 116 Å². The minimum absolute atomic E-state index is 0.0813. The number of nitrogens with two attached hydrogens (primary N) is 1. The van der Waals surface area contributed by atoms with Crippen LogP contribution in [-0.4, -0.2) is 20.8 Å². The molecule has 0 radical (unpaired) electrons. The molecule has 1 aromatic carbocycles. The van der Waals surface area contributed by atoms with Crippen molar-refractivity contribution < 1.29 is 9.32 Å². The average molecular weight is 285 g/mol. The molecule has 0 spiro atoms. The van der Waals surface area contributed by atoms with E-state index < -0.39 is 5.91 Å². The predicted octanol–water partition coefficient (Wildman–Crippen LogP) is 0.0363. The van der Waals surface area contributed by atoms with Crippen LogP contribution in [0.2, 0.25) is 0 Å². The highest BCUT2D eigenvalue weighted by Gasteiger charge is 2.12. The quantitative estimate of drug-likeness (QED) is 0.398. The van der Waals surface area contributed by atoms with Crippen LogP contribution in [-0.2, 0) is 6.54 Å². The molecule has 0 fully saturated rings. The van der Waals surface area contributed by atoms with E-state index in [1.165, 1.54) is 12.3 Å². The van der Waals surface area contributed by atoms with E-state index in [-0.39, 0.29) is 17.7 Å². The van der Waals surface area contributed by atoms with Crippen molar-refractivity contribution in [1.82, 2.24) is 20.4 Å². The number of para-hydroxylation sites is 1. The maximum absolute atomic E-state index is 11.7. The first kappa shape index (κ1) is 13.0. The van der Waals surface area contributed by atoms with Crippen LogP contribution in [0.25, 0.3) is 10.9 Å². The highest BCUT2D eigenvalue weighted by Crippen LogP contribution is 2.11. The summed E-state index contributed by atoms with van der Waals surface area (Å²) in [5.41, 5.74) is 2.57. The highest BCUT2D eigenvalue weighted by molar-refractivity contribution is 5.91. The number of aromatic nitrogens is 3. The number of nitrogens with one attached hydrogen (secondary N) is 1. The zero-order valence-electron chi connectivity index (χ0n) is 10.8. The summed E-state index contributed by atoms with van der Waals surface area (Å²) >= 11 is 0. The van der Waals surface area contributed by atoms with Crippen molar-refractivity contribution in [3.63, 3.8) is 0 Å². The number of benzene rings is 1. The van der Waals surface area contributed by atoms with E-state index in [0.717, 1.165) is 0 Å². The van der Waals surface area contributed by atoms with Gasteiger partial charge in [-0.3, -0.25) is 19.7 Å². The summed E-state index contributed by atoms with van der Waals surface area (Å²) in [6.07, 6.45) is 1.24. The zero-order chi connectivity index (χ0) is 14.8. The Bertz CT molecular complexity index is 867. The minimum Gasteiger partial charge on any atom is -0.359 e. The number of hydrogen-bond donors (Lipinski definition) is 2. The molecule has 21 heavy (non-hydrogen) atoms. The van der Waals surface area contributed by atoms with Gasteiger partial charge in [-0.15, -0.1) is 0 Å². The third kappa shape index (κ3) is 2.39. The van der Waals surface area contributed by atoms with Crippen molar-refractivity contribution in [2.45, 2.75) is 6.54 Å². The van der Waals surface area contributed by atoms with Crippen LogP contribution in [0.1, 0.15) is 16.2 Å². The maximum Gasteiger partial charge on any atom is 0.287 e. The molecule has 2 aromatic heterocycles. The Hall–Kier alpha value is -3.00. The number of nitrogen functional groups attached to an aromatic ring is 1. The molecule has 8 nitrogen and oxygen atoms in total.